The highest BCUT2D eigenvalue weighted by molar-refractivity contribution is 4.81. The number of nitrogens with two attached hydrogens (primary N) is 1. The van der Waals surface area contributed by atoms with E-state index in [1.807, 2.05) is 0 Å². The minimum Gasteiger partial charge on any atom is -0.304 e. The molecule has 1 fully saturated rings. The third-order valence-electron chi connectivity index (χ3n) is 2.40. The molecule has 0 aromatic rings. The molecule has 10 heavy (non-hydrogen) atoms. The summed E-state index contributed by atoms with van der Waals surface area (Å²) >= 11 is 0. The van der Waals surface area contributed by atoms with Crippen LogP contribution in [0.2, 0.25) is 0 Å². The molecular formula is C8H17NO. The van der Waals surface area contributed by atoms with Crippen LogP contribution < -0.4 is 5.90 Å². The van der Waals surface area contributed by atoms with Gasteiger partial charge in [-0.05, 0) is 30.6 Å². The van der Waals surface area contributed by atoms with E-state index in [2.05, 4.69) is 18.7 Å². The lowest BCUT2D eigenvalue weighted by atomic mass is 9.91. The normalized spacial score (nSPS) is 30.9. The summed E-state index contributed by atoms with van der Waals surface area (Å²) in [4.78, 5) is 4.62. The van der Waals surface area contributed by atoms with Crippen LogP contribution in [0.4, 0.5) is 0 Å². The first kappa shape index (κ1) is 8.02. The number of hydrogen-bond donors (Lipinski definition) is 1. The van der Waals surface area contributed by atoms with E-state index in [4.69, 9.17) is 5.90 Å². The standard InChI is InChI=1S/C8H17NO/c1-8(2)4-3-7(5-8)6-10-9/h7H,3-6,9H2,1-2H3. The van der Waals surface area contributed by atoms with Crippen molar-refractivity contribution >= 4 is 0 Å². The molecule has 2 nitrogen and oxygen atoms in total. The minimum absolute atomic E-state index is 0.531. The molecule has 0 amide bonds. The maximum atomic E-state index is 5.00. The second-order valence-electron chi connectivity index (χ2n) is 4.11. The van der Waals surface area contributed by atoms with Gasteiger partial charge in [0.25, 0.3) is 0 Å². The zero-order valence-corrected chi connectivity index (χ0v) is 6.89. The predicted octanol–water partition coefficient (Wildman–Crippen LogP) is 1.70. The molecule has 1 rings (SSSR count). The summed E-state index contributed by atoms with van der Waals surface area (Å²) in [6.45, 7) is 5.36. The van der Waals surface area contributed by atoms with Crippen LogP contribution in [0.25, 0.3) is 0 Å². The van der Waals surface area contributed by atoms with E-state index in [1.54, 1.807) is 0 Å². The third kappa shape index (κ3) is 1.96. The van der Waals surface area contributed by atoms with Crippen LogP contribution in [0.15, 0.2) is 0 Å². The molecule has 0 spiro atoms. The maximum absolute atomic E-state index is 5.00. The highest BCUT2D eigenvalue weighted by Gasteiger charge is 2.30. The highest BCUT2D eigenvalue weighted by Crippen LogP contribution is 2.40. The summed E-state index contributed by atoms with van der Waals surface area (Å²) in [5.41, 5.74) is 0.531. The molecule has 1 aliphatic rings. The Morgan fingerprint density at radius 3 is 2.70 bits per heavy atom. The SMILES string of the molecule is CC1(C)CCC(CON)C1. The van der Waals surface area contributed by atoms with Crippen LogP contribution in [0.1, 0.15) is 33.1 Å². The Morgan fingerprint density at radius 1 is 1.60 bits per heavy atom. The van der Waals surface area contributed by atoms with E-state index < -0.39 is 0 Å². The van der Waals surface area contributed by atoms with Gasteiger partial charge in [0, 0.05) is 0 Å². The van der Waals surface area contributed by atoms with Crippen LogP contribution >= 0.6 is 0 Å². The average molecular weight is 143 g/mol. The Balaban J connectivity index is 2.29. The summed E-state index contributed by atoms with van der Waals surface area (Å²) in [5, 5.41) is 0. The van der Waals surface area contributed by atoms with Gasteiger partial charge in [-0.2, -0.15) is 0 Å². The molecule has 1 saturated carbocycles. The van der Waals surface area contributed by atoms with Gasteiger partial charge in [0.2, 0.25) is 0 Å². The van der Waals surface area contributed by atoms with E-state index in [-0.39, 0.29) is 0 Å². The van der Waals surface area contributed by atoms with Crippen molar-refractivity contribution in [2.24, 2.45) is 17.2 Å². The van der Waals surface area contributed by atoms with Crippen molar-refractivity contribution in [3.8, 4) is 0 Å². The first-order valence-electron chi connectivity index (χ1n) is 3.96. The molecule has 0 heterocycles. The van der Waals surface area contributed by atoms with Crippen LogP contribution in [-0.2, 0) is 4.84 Å². The third-order valence-corrected chi connectivity index (χ3v) is 2.40. The summed E-state index contributed by atoms with van der Waals surface area (Å²) in [6.07, 6.45) is 3.87. The molecule has 1 atom stereocenters. The molecule has 0 aliphatic heterocycles. The van der Waals surface area contributed by atoms with Gasteiger partial charge >= 0.3 is 0 Å². The van der Waals surface area contributed by atoms with E-state index in [0.29, 0.717) is 11.3 Å². The monoisotopic (exact) mass is 143 g/mol. The molecule has 0 bridgehead atoms. The lowest BCUT2D eigenvalue weighted by Gasteiger charge is -2.16. The van der Waals surface area contributed by atoms with E-state index in [9.17, 15) is 0 Å². The van der Waals surface area contributed by atoms with Gasteiger partial charge in [-0.1, -0.05) is 13.8 Å². The lowest BCUT2D eigenvalue weighted by molar-refractivity contribution is 0.0995. The zero-order valence-electron chi connectivity index (χ0n) is 6.89. The second-order valence-corrected chi connectivity index (χ2v) is 4.11. The molecular weight excluding hydrogens is 126 g/mol. The molecule has 0 saturated heterocycles. The van der Waals surface area contributed by atoms with E-state index in [0.717, 1.165) is 6.61 Å². The van der Waals surface area contributed by atoms with Gasteiger partial charge in [0.15, 0.2) is 0 Å². The van der Waals surface area contributed by atoms with Gasteiger partial charge in [-0.25, -0.2) is 5.90 Å². The smallest absolute Gasteiger partial charge is 0.0707 e. The Bertz CT molecular complexity index is 112. The van der Waals surface area contributed by atoms with Crippen molar-refractivity contribution in [2.45, 2.75) is 33.1 Å². The topological polar surface area (TPSA) is 35.2 Å². The number of hydrogen-bond acceptors (Lipinski definition) is 2. The van der Waals surface area contributed by atoms with Gasteiger partial charge in [0.05, 0.1) is 6.61 Å². The summed E-state index contributed by atoms with van der Waals surface area (Å²) in [7, 11) is 0. The largest absolute Gasteiger partial charge is 0.304 e. The highest BCUT2D eigenvalue weighted by atomic mass is 16.6. The molecule has 0 aromatic carbocycles. The first-order chi connectivity index (χ1) is 4.64. The fourth-order valence-electron chi connectivity index (χ4n) is 1.86. The van der Waals surface area contributed by atoms with Crippen molar-refractivity contribution in [3.63, 3.8) is 0 Å². The van der Waals surface area contributed by atoms with Crippen molar-refractivity contribution in [1.29, 1.82) is 0 Å². The fourth-order valence-corrected chi connectivity index (χ4v) is 1.86. The Kier molecular flexibility index (Phi) is 2.32. The lowest BCUT2D eigenvalue weighted by Crippen LogP contribution is -2.12. The quantitative estimate of drug-likeness (QED) is 0.597. The molecule has 1 aliphatic carbocycles. The fraction of sp³-hybridized carbons (Fsp3) is 1.00. The average Bonchev–Trinajstić information content (AvgIpc) is 2.12. The van der Waals surface area contributed by atoms with Gasteiger partial charge in [-0.15, -0.1) is 0 Å². The van der Waals surface area contributed by atoms with Gasteiger partial charge in [0.1, 0.15) is 0 Å². The summed E-state index contributed by atoms with van der Waals surface area (Å²) < 4.78 is 0. The summed E-state index contributed by atoms with van der Waals surface area (Å²) in [6, 6.07) is 0. The number of rotatable bonds is 2. The minimum atomic E-state index is 0.531. The molecule has 2 N–H and O–H groups in total. The van der Waals surface area contributed by atoms with Gasteiger partial charge < -0.3 is 4.84 Å². The van der Waals surface area contributed by atoms with Crippen LogP contribution in [-0.4, -0.2) is 6.61 Å². The second kappa shape index (κ2) is 2.89. The Labute approximate surface area is 62.7 Å². The van der Waals surface area contributed by atoms with Crippen molar-refractivity contribution < 1.29 is 4.84 Å². The zero-order chi connectivity index (χ0) is 7.61. The van der Waals surface area contributed by atoms with Crippen LogP contribution in [0.3, 0.4) is 0 Å². The first-order valence-corrected chi connectivity index (χ1v) is 3.96. The molecule has 1 unspecified atom stereocenters. The molecule has 0 radical (unpaired) electrons. The Morgan fingerprint density at radius 2 is 2.30 bits per heavy atom. The predicted molar refractivity (Wildman–Crippen MR) is 41.3 cm³/mol. The Hall–Kier alpha value is -0.0800. The van der Waals surface area contributed by atoms with Crippen LogP contribution in [0.5, 0.6) is 0 Å². The van der Waals surface area contributed by atoms with Gasteiger partial charge in [-0.3, -0.25) is 0 Å². The maximum Gasteiger partial charge on any atom is 0.0707 e. The van der Waals surface area contributed by atoms with Crippen molar-refractivity contribution in [2.75, 3.05) is 6.61 Å². The molecule has 0 aromatic heterocycles. The van der Waals surface area contributed by atoms with Crippen LogP contribution in [0, 0.1) is 11.3 Å². The summed E-state index contributed by atoms with van der Waals surface area (Å²) in [5.74, 6) is 5.71. The van der Waals surface area contributed by atoms with Crippen molar-refractivity contribution in [3.05, 3.63) is 0 Å². The van der Waals surface area contributed by atoms with E-state index >= 15 is 0 Å². The van der Waals surface area contributed by atoms with Crippen molar-refractivity contribution in [1.82, 2.24) is 0 Å². The molecule has 60 valence electrons. The molecule has 2 heteroatoms. The van der Waals surface area contributed by atoms with E-state index in [1.165, 1.54) is 19.3 Å².